The smallest absolute Gasteiger partial charge is 0.404 e. The molecule has 34 heavy (non-hydrogen) atoms. The van der Waals surface area contributed by atoms with E-state index < -0.39 is 13.9 Å². The summed E-state index contributed by atoms with van der Waals surface area (Å²) in [6, 6.07) is 13.5. The molecule has 1 saturated carbocycles. The van der Waals surface area contributed by atoms with Crippen molar-refractivity contribution in [2.45, 2.75) is 64.5 Å². The Bertz CT molecular complexity index is 1010. The van der Waals surface area contributed by atoms with Gasteiger partial charge in [-0.3, -0.25) is 19.4 Å². The maximum Gasteiger partial charge on any atom is 0.524 e. The van der Waals surface area contributed by atoms with Crippen LogP contribution in [0.3, 0.4) is 0 Å². The van der Waals surface area contributed by atoms with Gasteiger partial charge in [0.15, 0.2) is 0 Å². The van der Waals surface area contributed by atoms with Crippen LogP contribution < -0.4 is 15.2 Å². The van der Waals surface area contributed by atoms with Gasteiger partial charge in [-0.25, -0.2) is 4.57 Å². The molecule has 8 nitrogen and oxygen atoms in total. The predicted molar refractivity (Wildman–Crippen MR) is 129 cm³/mol. The summed E-state index contributed by atoms with van der Waals surface area (Å²) < 4.78 is 15.5. The van der Waals surface area contributed by atoms with Gasteiger partial charge in [-0.2, -0.15) is 0 Å². The molecule has 0 spiro atoms. The summed E-state index contributed by atoms with van der Waals surface area (Å²) in [5.41, 5.74) is 3.01. The molecule has 4 N–H and O–H groups in total. The Morgan fingerprint density at radius 2 is 1.71 bits per heavy atom. The van der Waals surface area contributed by atoms with Gasteiger partial charge in [0.25, 0.3) is 0 Å². The first-order valence-electron chi connectivity index (χ1n) is 11.6. The van der Waals surface area contributed by atoms with E-state index in [1.807, 2.05) is 12.1 Å². The third-order valence-corrected chi connectivity index (χ3v) is 6.44. The Labute approximate surface area is 200 Å². The molecular formula is C25H33N2O6P. The number of nitrogens with one attached hydrogen (secondary N) is 2. The second-order valence-electron chi connectivity index (χ2n) is 8.93. The first-order chi connectivity index (χ1) is 16.2. The minimum Gasteiger partial charge on any atom is -0.404 e. The highest BCUT2D eigenvalue weighted by atomic mass is 31.2. The predicted octanol–water partition coefficient (Wildman–Crippen LogP) is 3.64. The molecule has 0 radical (unpaired) electrons. The zero-order valence-electron chi connectivity index (χ0n) is 19.4. The van der Waals surface area contributed by atoms with Crippen LogP contribution in [-0.4, -0.2) is 27.6 Å². The van der Waals surface area contributed by atoms with Crippen LogP contribution in [0.4, 0.5) is 0 Å². The van der Waals surface area contributed by atoms with E-state index in [-0.39, 0.29) is 24.0 Å². The monoisotopic (exact) mass is 488 g/mol. The van der Waals surface area contributed by atoms with E-state index in [4.69, 9.17) is 9.79 Å². The van der Waals surface area contributed by atoms with E-state index in [1.165, 1.54) is 56.7 Å². The molecule has 1 aliphatic carbocycles. The van der Waals surface area contributed by atoms with Gasteiger partial charge < -0.3 is 15.2 Å². The van der Waals surface area contributed by atoms with Crippen LogP contribution >= 0.6 is 7.82 Å². The number of hydrogen-bond donors (Lipinski definition) is 4. The number of carbonyl (C=O) groups excluding carboxylic acids is 2. The molecule has 2 amide bonds. The normalized spacial score (nSPS) is 15.4. The molecule has 1 fully saturated rings. The summed E-state index contributed by atoms with van der Waals surface area (Å²) >= 11 is 0. The largest absolute Gasteiger partial charge is 0.524 e. The number of phosphoric ester groups is 1. The number of benzene rings is 2. The number of rotatable bonds is 10. The van der Waals surface area contributed by atoms with Gasteiger partial charge in [0.05, 0.1) is 0 Å². The van der Waals surface area contributed by atoms with Crippen molar-refractivity contribution in [3.05, 3.63) is 65.2 Å². The number of hydrogen-bond acceptors (Lipinski definition) is 4. The molecule has 0 bridgehead atoms. The highest BCUT2D eigenvalue weighted by Crippen LogP contribution is 2.37. The van der Waals surface area contributed by atoms with Gasteiger partial charge in [0.1, 0.15) is 11.8 Å². The van der Waals surface area contributed by atoms with Crippen LogP contribution in [0.1, 0.15) is 55.7 Å². The Morgan fingerprint density at radius 1 is 1.03 bits per heavy atom. The van der Waals surface area contributed by atoms with Crippen LogP contribution in [0.15, 0.2) is 48.5 Å². The van der Waals surface area contributed by atoms with E-state index >= 15 is 0 Å². The van der Waals surface area contributed by atoms with Crippen LogP contribution in [0.2, 0.25) is 0 Å². The minimum absolute atomic E-state index is 0.0192. The topological polar surface area (TPSA) is 125 Å². The molecule has 184 valence electrons. The summed E-state index contributed by atoms with van der Waals surface area (Å²) in [7, 11) is -4.64. The zero-order chi connectivity index (χ0) is 24.6. The van der Waals surface area contributed by atoms with E-state index in [0.717, 1.165) is 17.9 Å². The summed E-state index contributed by atoms with van der Waals surface area (Å²) in [6.45, 7) is 1.72. The van der Waals surface area contributed by atoms with Gasteiger partial charge in [-0.1, -0.05) is 68.5 Å². The van der Waals surface area contributed by atoms with Crippen molar-refractivity contribution < 1.29 is 28.5 Å². The molecule has 2 aromatic carbocycles. The fraction of sp³-hybridized carbons (Fsp3) is 0.440. The van der Waals surface area contributed by atoms with E-state index in [0.29, 0.717) is 12.1 Å². The summed E-state index contributed by atoms with van der Waals surface area (Å²) in [6.07, 6.45) is 7.82. The van der Waals surface area contributed by atoms with E-state index in [1.54, 1.807) is 12.1 Å². The molecule has 0 aromatic heterocycles. The van der Waals surface area contributed by atoms with Crippen molar-refractivity contribution in [2.24, 2.45) is 5.92 Å². The fourth-order valence-electron chi connectivity index (χ4n) is 4.42. The Kier molecular flexibility index (Phi) is 9.28. The van der Waals surface area contributed by atoms with Crippen molar-refractivity contribution in [2.75, 3.05) is 0 Å². The molecule has 0 aliphatic heterocycles. The Morgan fingerprint density at radius 3 is 2.35 bits per heavy atom. The van der Waals surface area contributed by atoms with Crippen LogP contribution in [0.5, 0.6) is 5.75 Å². The molecule has 0 saturated heterocycles. The maximum atomic E-state index is 12.9. The Hall–Kier alpha value is -2.67. The van der Waals surface area contributed by atoms with Gasteiger partial charge in [-0.15, -0.1) is 0 Å². The van der Waals surface area contributed by atoms with Crippen molar-refractivity contribution in [1.29, 1.82) is 0 Å². The lowest BCUT2D eigenvalue weighted by Crippen LogP contribution is -2.47. The molecule has 1 atom stereocenters. The van der Waals surface area contributed by atoms with E-state index in [9.17, 15) is 14.2 Å². The van der Waals surface area contributed by atoms with Crippen LogP contribution in [-0.2, 0) is 33.5 Å². The zero-order valence-corrected chi connectivity index (χ0v) is 20.3. The first-order valence-corrected chi connectivity index (χ1v) is 13.2. The van der Waals surface area contributed by atoms with Crippen molar-refractivity contribution in [1.82, 2.24) is 10.6 Å². The van der Waals surface area contributed by atoms with Gasteiger partial charge in [-0.05, 0) is 41.2 Å². The lowest BCUT2D eigenvalue weighted by atomic mass is 9.84. The Balaban J connectivity index is 1.58. The standard InChI is InChI=1S/C25H33N2O6P/c1-18(28)27-24(16-20-10-12-23(13-11-20)33-34(30,31)32)25(29)26-17-22-9-5-8-21(15-22)14-19-6-3-2-4-7-19/h5,8-13,15,19,24H,2-4,6-7,14,16-17H2,1H3,(H,26,29)(H,27,28)(H2,30,31,32)/t24-/m0/s1. The van der Waals surface area contributed by atoms with Crippen LogP contribution in [0.25, 0.3) is 0 Å². The number of phosphoric acid groups is 1. The molecule has 0 heterocycles. The molecular weight excluding hydrogens is 455 g/mol. The lowest BCUT2D eigenvalue weighted by molar-refractivity contribution is -0.128. The second kappa shape index (κ2) is 12.2. The summed E-state index contributed by atoms with van der Waals surface area (Å²) in [5.74, 6) is 0.131. The fourth-order valence-corrected chi connectivity index (χ4v) is 4.81. The lowest BCUT2D eigenvalue weighted by Gasteiger charge is -2.22. The SMILES string of the molecule is CC(=O)N[C@@H](Cc1ccc(OP(=O)(O)O)cc1)C(=O)NCc1cccc(CC2CCCCC2)c1. The second-order valence-corrected chi connectivity index (χ2v) is 10.1. The summed E-state index contributed by atoms with van der Waals surface area (Å²) in [5, 5.41) is 5.59. The third kappa shape index (κ3) is 8.93. The van der Waals surface area contributed by atoms with Crippen molar-refractivity contribution in [3.63, 3.8) is 0 Å². The summed E-state index contributed by atoms with van der Waals surface area (Å²) in [4.78, 5) is 42.3. The molecule has 2 aromatic rings. The van der Waals surface area contributed by atoms with Crippen LogP contribution in [0, 0.1) is 5.92 Å². The first kappa shape index (κ1) is 25.9. The third-order valence-electron chi connectivity index (χ3n) is 5.99. The highest BCUT2D eigenvalue weighted by Gasteiger charge is 2.21. The van der Waals surface area contributed by atoms with Gasteiger partial charge in [0, 0.05) is 19.9 Å². The van der Waals surface area contributed by atoms with Crippen molar-refractivity contribution >= 4 is 19.6 Å². The maximum absolute atomic E-state index is 12.9. The highest BCUT2D eigenvalue weighted by molar-refractivity contribution is 7.46. The average Bonchev–Trinajstić information content (AvgIpc) is 2.78. The number of carbonyl (C=O) groups is 2. The van der Waals surface area contributed by atoms with Gasteiger partial charge >= 0.3 is 7.82 Å². The molecule has 1 aliphatic rings. The molecule has 0 unspecified atom stereocenters. The minimum atomic E-state index is -4.64. The quantitative estimate of drug-likeness (QED) is 0.379. The molecule has 3 rings (SSSR count). The van der Waals surface area contributed by atoms with Crippen molar-refractivity contribution in [3.8, 4) is 5.75 Å². The van der Waals surface area contributed by atoms with E-state index in [2.05, 4.69) is 27.3 Å². The number of amides is 2. The average molecular weight is 489 g/mol. The van der Waals surface area contributed by atoms with Gasteiger partial charge in [0.2, 0.25) is 11.8 Å². The molecule has 9 heteroatoms.